The molecule has 0 spiro atoms. The Hall–Kier alpha value is 0.120. The van der Waals surface area contributed by atoms with Gasteiger partial charge in [0.1, 0.15) is 0 Å². The van der Waals surface area contributed by atoms with Gasteiger partial charge in [0, 0.05) is 20.2 Å². The molecule has 1 aliphatic heterocycles. The van der Waals surface area contributed by atoms with Crippen molar-refractivity contribution in [2.75, 3.05) is 39.1 Å². The Morgan fingerprint density at radius 1 is 1.50 bits per heavy atom. The molecule has 0 amide bonds. The molecule has 1 unspecified atom stereocenters. The molecule has 0 bridgehead atoms. The van der Waals surface area contributed by atoms with Crippen molar-refractivity contribution in [3.63, 3.8) is 0 Å². The highest BCUT2D eigenvalue weighted by molar-refractivity contribution is 7.89. The van der Waals surface area contributed by atoms with Crippen molar-refractivity contribution >= 4 is 22.4 Å². The Kier molecular flexibility index (Phi) is 7.50. The normalized spacial score (nSPS) is 22.8. The smallest absolute Gasteiger partial charge is 0.216 e. The molecule has 0 aromatic carbocycles. The fraction of sp³-hybridized carbons (Fsp3) is 1.00. The lowest BCUT2D eigenvalue weighted by Crippen LogP contribution is -2.43. The van der Waals surface area contributed by atoms with Gasteiger partial charge in [0.05, 0.1) is 12.4 Å². The first-order valence-corrected chi connectivity index (χ1v) is 6.88. The SMILES string of the molecule is COCCS(=O)(=O)N1CCCC(CN)C1.Cl. The summed E-state index contributed by atoms with van der Waals surface area (Å²) < 4.78 is 30.0. The third-order valence-electron chi connectivity index (χ3n) is 2.75. The lowest BCUT2D eigenvalue weighted by Gasteiger charge is -2.31. The molecule has 1 heterocycles. The molecule has 1 saturated heterocycles. The highest BCUT2D eigenvalue weighted by Gasteiger charge is 2.27. The summed E-state index contributed by atoms with van der Waals surface area (Å²) in [6, 6.07) is 0. The zero-order valence-corrected chi connectivity index (χ0v) is 11.2. The Labute approximate surface area is 104 Å². The fourth-order valence-electron chi connectivity index (χ4n) is 1.79. The minimum atomic E-state index is -3.14. The summed E-state index contributed by atoms with van der Waals surface area (Å²) in [6.45, 7) is 2.02. The molecule has 1 fully saturated rings. The van der Waals surface area contributed by atoms with E-state index in [0.29, 0.717) is 25.6 Å². The second-order valence-electron chi connectivity index (χ2n) is 3.91. The average molecular weight is 273 g/mol. The molecule has 0 aromatic heterocycles. The number of ether oxygens (including phenoxy) is 1. The molecular formula is C9H21ClN2O3S. The van der Waals surface area contributed by atoms with Crippen molar-refractivity contribution in [3.05, 3.63) is 0 Å². The Balaban J connectivity index is 0.00000225. The zero-order valence-electron chi connectivity index (χ0n) is 9.59. The van der Waals surface area contributed by atoms with Crippen LogP contribution < -0.4 is 5.73 Å². The molecule has 0 aliphatic carbocycles. The lowest BCUT2D eigenvalue weighted by atomic mass is 10.0. The molecule has 0 aromatic rings. The molecule has 7 heteroatoms. The van der Waals surface area contributed by atoms with E-state index in [-0.39, 0.29) is 24.8 Å². The summed E-state index contributed by atoms with van der Waals surface area (Å²) in [5.74, 6) is 0.386. The van der Waals surface area contributed by atoms with E-state index in [1.54, 1.807) is 4.31 Å². The lowest BCUT2D eigenvalue weighted by molar-refractivity contribution is 0.212. The van der Waals surface area contributed by atoms with Crippen molar-refractivity contribution in [2.45, 2.75) is 12.8 Å². The number of sulfonamides is 1. The van der Waals surface area contributed by atoms with E-state index in [0.717, 1.165) is 12.8 Å². The first-order chi connectivity index (χ1) is 7.10. The largest absolute Gasteiger partial charge is 0.384 e. The second-order valence-corrected chi connectivity index (χ2v) is 6.00. The van der Waals surface area contributed by atoms with Crippen LogP contribution in [0.1, 0.15) is 12.8 Å². The number of rotatable bonds is 5. The van der Waals surface area contributed by atoms with Crippen LogP contribution in [-0.4, -0.2) is 51.8 Å². The van der Waals surface area contributed by atoms with Gasteiger partial charge in [0.2, 0.25) is 10.0 Å². The first-order valence-electron chi connectivity index (χ1n) is 5.27. The summed E-state index contributed by atoms with van der Waals surface area (Å²) in [4.78, 5) is 0. The number of hydrogen-bond acceptors (Lipinski definition) is 4. The van der Waals surface area contributed by atoms with Gasteiger partial charge >= 0.3 is 0 Å². The minimum Gasteiger partial charge on any atom is -0.384 e. The summed E-state index contributed by atoms with van der Waals surface area (Å²) in [5.41, 5.74) is 5.56. The van der Waals surface area contributed by atoms with Crippen LogP contribution in [0.4, 0.5) is 0 Å². The number of nitrogens with two attached hydrogens (primary N) is 1. The van der Waals surface area contributed by atoms with E-state index >= 15 is 0 Å². The van der Waals surface area contributed by atoms with Crippen LogP contribution in [0, 0.1) is 5.92 Å². The third-order valence-corrected chi connectivity index (χ3v) is 4.55. The van der Waals surface area contributed by atoms with Crippen LogP contribution in [0.3, 0.4) is 0 Å². The van der Waals surface area contributed by atoms with Gasteiger partial charge in [0.25, 0.3) is 0 Å². The average Bonchev–Trinajstić information content (AvgIpc) is 2.26. The molecule has 1 rings (SSSR count). The summed E-state index contributed by atoms with van der Waals surface area (Å²) in [5, 5.41) is 0. The maximum atomic E-state index is 11.8. The van der Waals surface area contributed by atoms with E-state index in [2.05, 4.69) is 0 Å². The molecule has 0 saturated carbocycles. The summed E-state index contributed by atoms with van der Waals surface area (Å²) in [7, 11) is -1.63. The number of piperidine rings is 1. The molecule has 5 nitrogen and oxygen atoms in total. The van der Waals surface area contributed by atoms with Crippen molar-refractivity contribution in [3.8, 4) is 0 Å². The predicted octanol–water partition coefficient (Wildman–Crippen LogP) is 0.0551. The molecule has 1 aliphatic rings. The molecule has 2 N–H and O–H groups in total. The topological polar surface area (TPSA) is 72.6 Å². The van der Waals surface area contributed by atoms with Crippen molar-refractivity contribution in [1.82, 2.24) is 4.31 Å². The van der Waals surface area contributed by atoms with Gasteiger partial charge in [0.15, 0.2) is 0 Å². The van der Waals surface area contributed by atoms with Crippen molar-refractivity contribution in [1.29, 1.82) is 0 Å². The number of nitrogens with zero attached hydrogens (tertiary/aromatic N) is 1. The van der Waals surface area contributed by atoms with E-state index in [9.17, 15) is 8.42 Å². The molecule has 16 heavy (non-hydrogen) atoms. The number of methoxy groups -OCH3 is 1. The maximum absolute atomic E-state index is 11.8. The van der Waals surface area contributed by atoms with E-state index in [4.69, 9.17) is 10.5 Å². The Bertz CT molecular complexity index is 284. The minimum absolute atomic E-state index is 0. The van der Waals surface area contributed by atoms with Crippen LogP contribution in [0.5, 0.6) is 0 Å². The van der Waals surface area contributed by atoms with Gasteiger partial charge in [-0.2, -0.15) is 0 Å². The zero-order chi connectivity index (χ0) is 11.3. The van der Waals surface area contributed by atoms with Crippen LogP contribution in [0.2, 0.25) is 0 Å². The maximum Gasteiger partial charge on any atom is 0.216 e. The van der Waals surface area contributed by atoms with Gasteiger partial charge in [-0.1, -0.05) is 0 Å². The van der Waals surface area contributed by atoms with Gasteiger partial charge in [-0.25, -0.2) is 12.7 Å². The van der Waals surface area contributed by atoms with E-state index < -0.39 is 10.0 Å². The van der Waals surface area contributed by atoms with Gasteiger partial charge in [-0.15, -0.1) is 12.4 Å². The van der Waals surface area contributed by atoms with Crippen molar-refractivity contribution in [2.24, 2.45) is 11.7 Å². The predicted molar refractivity (Wildman–Crippen MR) is 66.3 cm³/mol. The summed E-state index contributed by atoms with van der Waals surface area (Å²) >= 11 is 0. The highest BCUT2D eigenvalue weighted by Crippen LogP contribution is 2.18. The van der Waals surface area contributed by atoms with E-state index in [1.807, 2.05) is 0 Å². The van der Waals surface area contributed by atoms with Gasteiger partial charge in [-0.3, -0.25) is 0 Å². The van der Waals surface area contributed by atoms with Crippen molar-refractivity contribution < 1.29 is 13.2 Å². The Morgan fingerprint density at radius 3 is 2.75 bits per heavy atom. The van der Waals surface area contributed by atoms with Crippen LogP contribution in [-0.2, 0) is 14.8 Å². The number of hydrogen-bond donors (Lipinski definition) is 1. The molecule has 1 atom stereocenters. The molecule has 0 radical (unpaired) electrons. The number of halogens is 1. The molecular weight excluding hydrogens is 252 g/mol. The van der Waals surface area contributed by atoms with Crippen LogP contribution >= 0.6 is 12.4 Å². The summed E-state index contributed by atoms with van der Waals surface area (Å²) in [6.07, 6.45) is 1.95. The third kappa shape index (κ3) is 4.55. The van der Waals surface area contributed by atoms with E-state index in [1.165, 1.54) is 7.11 Å². The quantitative estimate of drug-likeness (QED) is 0.768. The highest BCUT2D eigenvalue weighted by atomic mass is 35.5. The second kappa shape index (κ2) is 7.45. The van der Waals surface area contributed by atoms with Gasteiger partial charge in [-0.05, 0) is 25.3 Å². The van der Waals surface area contributed by atoms with Crippen LogP contribution in [0.15, 0.2) is 0 Å². The Morgan fingerprint density at radius 2 is 2.19 bits per heavy atom. The van der Waals surface area contributed by atoms with Crippen LogP contribution in [0.25, 0.3) is 0 Å². The first kappa shape index (κ1) is 16.1. The molecule has 98 valence electrons. The van der Waals surface area contributed by atoms with Gasteiger partial charge < -0.3 is 10.5 Å². The monoisotopic (exact) mass is 272 g/mol. The fourth-order valence-corrected chi connectivity index (χ4v) is 3.27. The standard InChI is InChI=1S/C9H20N2O3S.ClH/c1-14-5-6-15(12,13)11-4-2-3-9(7-10)8-11;/h9H,2-8,10H2,1H3;1H.